The highest BCUT2D eigenvalue weighted by Crippen LogP contribution is 2.26. The molecule has 0 saturated carbocycles. The van der Waals surface area contributed by atoms with Gasteiger partial charge in [0.05, 0.1) is 11.4 Å². The molecule has 4 rings (SSSR count). The number of piperazine rings is 1. The third-order valence-electron chi connectivity index (χ3n) is 5.98. The van der Waals surface area contributed by atoms with Crippen molar-refractivity contribution in [2.45, 2.75) is 31.1 Å². The Kier molecular flexibility index (Phi) is 6.11. The lowest BCUT2D eigenvalue weighted by Crippen LogP contribution is -2.52. The molecule has 1 aliphatic carbocycles. The molecule has 1 N–H and O–H groups in total. The second kappa shape index (κ2) is 8.80. The highest BCUT2D eigenvalue weighted by molar-refractivity contribution is 7.89. The van der Waals surface area contributed by atoms with Crippen molar-refractivity contribution in [2.24, 2.45) is 0 Å². The minimum absolute atomic E-state index is 0.107. The summed E-state index contributed by atoms with van der Waals surface area (Å²) in [6, 6.07) is 12.6. The summed E-state index contributed by atoms with van der Waals surface area (Å²) in [5, 5.41) is 2.65. The molecule has 2 aliphatic rings. The number of fused-ring (bicyclic) bond motifs is 1. The SMILES string of the molecule is Cc1cccc(C(=O)NCC(=O)N2CCN(S(=O)(=O)c3ccc4c(c3)CCC4)CC2)c1. The van der Waals surface area contributed by atoms with E-state index < -0.39 is 10.0 Å². The lowest BCUT2D eigenvalue weighted by molar-refractivity contribution is -0.131. The highest BCUT2D eigenvalue weighted by Gasteiger charge is 2.30. The molecule has 2 amide bonds. The predicted molar refractivity (Wildman–Crippen MR) is 117 cm³/mol. The van der Waals surface area contributed by atoms with Crippen LogP contribution in [-0.2, 0) is 27.7 Å². The molecule has 0 spiro atoms. The molecule has 7 nitrogen and oxygen atoms in total. The number of nitrogens with zero attached hydrogens (tertiary/aromatic N) is 2. The van der Waals surface area contributed by atoms with Crippen molar-refractivity contribution in [3.63, 3.8) is 0 Å². The minimum Gasteiger partial charge on any atom is -0.343 e. The van der Waals surface area contributed by atoms with Gasteiger partial charge in [-0.3, -0.25) is 9.59 Å². The summed E-state index contributed by atoms with van der Waals surface area (Å²) in [7, 11) is -3.57. The Labute approximate surface area is 183 Å². The second-order valence-electron chi connectivity index (χ2n) is 8.12. The van der Waals surface area contributed by atoms with Crippen molar-refractivity contribution in [3.05, 3.63) is 64.7 Å². The first-order chi connectivity index (χ1) is 14.8. The maximum atomic E-state index is 13.0. The lowest BCUT2D eigenvalue weighted by Gasteiger charge is -2.34. The number of rotatable bonds is 5. The third-order valence-corrected chi connectivity index (χ3v) is 7.87. The van der Waals surface area contributed by atoms with Crippen molar-refractivity contribution in [1.82, 2.24) is 14.5 Å². The van der Waals surface area contributed by atoms with Crippen LogP contribution in [0.1, 0.15) is 33.5 Å². The molecular formula is C23H27N3O4S. The molecule has 0 bridgehead atoms. The van der Waals surface area contributed by atoms with E-state index in [1.165, 1.54) is 9.87 Å². The Bertz CT molecular complexity index is 1110. The van der Waals surface area contributed by atoms with Crippen LogP contribution in [0.2, 0.25) is 0 Å². The van der Waals surface area contributed by atoms with Crippen molar-refractivity contribution >= 4 is 21.8 Å². The summed E-state index contributed by atoms with van der Waals surface area (Å²) in [5.74, 6) is -0.509. The van der Waals surface area contributed by atoms with Crippen molar-refractivity contribution < 1.29 is 18.0 Å². The molecule has 2 aromatic rings. The molecule has 1 aliphatic heterocycles. The van der Waals surface area contributed by atoms with E-state index in [2.05, 4.69) is 5.32 Å². The molecular weight excluding hydrogens is 414 g/mol. The molecule has 0 atom stereocenters. The van der Waals surface area contributed by atoms with Gasteiger partial charge in [-0.1, -0.05) is 23.8 Å². The molecule has 2 aromatic carbocycles. The monoisotopic (exact) mass is 441 g/mol. The van der Waals surface area contributed by atoms with Gasteiger partial charge in [-0.15, -0.1) is 0 Å². The van der Waals surface area contributed by atoms with E-state index in [1.807, 2.05) is 19.1 Å². The number of hydrogen-bond acceptors (Lipinski definition) is 4. The molecule has 0 aromatic heterocycles. The van der Waals surface area contributed by atoms with Crippen LogP contribution in [0.25, 0.3) is 0 Å². The number of aryl methyl sites for hydroxylation is 3. The molecule has 0 radical (unpaired) electrons. The molecule has 1 fully saturated rings. The number of amides is 2. The first-order valence-electron chi connectivity index (χ1n) is 10.6. The van der Waals surface area contributed by atoms with Gasteiger partial charge in [-0.2, -0.15) is 4.31 Å². The topological polar surface area (TPSA) is 86.8 Å². The summed E-state index contributed by atoms with van der Waals surface area (Å²) in [6.45, 7) is 2.91. The normalized spacial score (nSPS) is 16.7. The summed E-state index contributed by atoms with van der Waals surface area (Å²) in [4.78, 5) is 26.7. The van der Waals surface area contributed by atoms with Gasteiger partial charge in [0.15, 0.2) is 0 Å². The zero-order chi connectivity index (χ0) is 22.0. The van der Waals surface area contributed by atoms with Crippen LogP contribution in [0.5, 0.6) is 0 Å². The Morgan fingerprint density at radius 3 is 2.45 bits per heavy atom. The average molecular weight is 442 g/mol. The van der Waals surface area contributed by atoms with E-state index in [1.54, 1.807) is 35.2 Å². The highest BCUT2D eigenvalue weighted by atomic mass is 32.2. The van der Waals surface area contributed by atoms with Crippen molar-refractivity contribution in [1.29, 1.82) is 0 Å². The van der Waals surface area contributed by atoms with E-state index in [-0.39, 0.29) is 31.4 Å². The van der Waals surface area contributed by atoms with Gasteiger partial charge in [0.1, 0.15) is 0 Å². The number of nitrogens with one attached hydrogen (secondary N) is 1. The Morgan fingerprint density at radius 1 is 0.968 bits per heavy atom. The van der Waals surface area contributed by atoms with Crippen LogP contribution < -0.4 is 5.32 Å². The van der Waals surface area contributed by atoms with E-state index >= 15 is 0 Å². The average Bonchev–Trinajstić information content (AvgIpc) is 3.25. The van der Waals surface area contributed by atoms with Crippen molar-refractivity contribution in [2.75, 3.05) is 32.7 Å². The lowest BCUT2D eigenvalue weighted by atomic mass is 10.1. The molecule has 31 heavy (non-hydrogen) atoms. The van der Waals surface area contributed by atoms with E-state index in [9.17, 15) is 18.0 Å². The summed E-state index contributed by atoms with van der Waals surface area (Å²) in [6.07, 6.45) is 3.01. The molecule has 164 valence electrons. The van der Waals surface area contributed by atoms with Gasteiger partial charge in [0, 0.05) is 31.7 Å². The van der Waals surface area contributed by atoms with Gasteiger partial charge in [0.2, 0.25) is 15.9 Å². The minimum atomic E-state index is -3.57. The van der Waals surface area contributed by atoms with E-state index in [4.69, 9.17) is 0 Å². The van der Waals surface area contributed by atoms with Gasteiger partial charge in [0.25, 0.3) is 5.91 Å². The van der Waals surface area contributed by atoms with Crippen molar-refractivity contribution in [3.8, 4) is 0 Å². The summed E-state index contributed by atoms with van der Waals surface area (Å²) < 4.78 is 27.5. The number of benzene rings is 2. The van der Waals surface area contributed by atoms with Crippen LogP contribution in [-0.4, -0.2) is 62.2 Å². The largest absolute Gasteiger partial charge is 0.343 e. The van der Waals surface area contributed by atoms with Gasteiger partial charge < -0.3 is 10.2 Å². The van der Waals surface area contributed by atoms with Crippen LogP contribution in [0.3, 0.4) is 0 Å². The fourth-order valence-electron chi connectivity index (χ4n) is 4.19. The molecule has 1 saturated heterocycles. The van der Waals surface area contributed by atoms with Crippen LogP contribution in [0.15, 0.2) is 47.4 Å². The maximum absolute atomic E-state index is 13.0. The van der Waals surface area contributed by atoms with Gasteiger partial charge in [-0.25, -0.2) is 8.42 Å². The summed E-state index contributed by atoms with van der Waals surface area (Å²) >= 11 is 0. The Hall–Kier alpha value is -2.71. The van der Waals surface area contributed by atoms with E-state index in [0.717, 1.165) is 30.4 Å². The Morgan fingerprint density at radius 2 is 1.71 bits per heavy atom. The van der Waals surface area contributed by atoms with Crippen LogP contribution in [0.4, 0.5) is 0 Å². The molecule has 8 heteroatoms. The summed E-state index contributed by atoms with van der Waals surface area (Å²) in [5.41, 5.74) is 3.85. The standard InChI is InChI=1S/C23H27N3O4S/c1-17-4-2-7-20(14-17)23(28)24-16-22(27)25-10-12-26(13-11-25)31(29,30)21-9-8-18-5-3-6-19(18)15-21/h2,4,7-9,14-15H,3,5-6,10-13,16H2,1H3,(H,24,28). The number of sulfonamides is 1. The fraction of sp³-hybridized carbons (Fsp3) is 0.391. The van der Waals surface area contributed by atoms with Gasteiger partial charge >= 0.3 is 0 Å². The first-order valence-corrected chi connectivity index (χ1v) is 12.0. The molecule has 1 heterocycles. The quantitative estimate of drug-likeness (QED) is 0.766. The molecule has 0 unspecified atom stereocenters. The number of carbonyl (C=O) groups is 2. The van der Waals surface area contributed by atoms with E-state index in [0.29, 0.717) is 23.5 Å². The van der Waals surface area contributed by atoms with Crippen LogP contribution in [0, 0.1) is 6.92 Å². The predicted octanol–water partition coefficient (Wildman–Crippen LogP) is 1.75. The van der Waals surface area contributed by atoms with Crippen LogP contribution >= 0.6 is 0 Å². The Balaban J connectivity index is 1.31. The fourth-order valence-corrected chi connectivity index (χ4v) is 5.66. The number of carbonyl (C=O) groups excluding carboxylic acids is 2. The third kappa shape index (κ3) is 4.65. The zero-order valence-electron chi connectivity index (χ0n) is 17.6. The smallest absolute Gasteiger partial charge is 0.251 e. The maximum Gasteiger partial charge on any atom is 0.251 e. The van der Waals surface area contributed by atoms with Gasteiger partial charge in [-0.05, 0) is 61.6 Å². The second-order valence-corrected chi connectivity index (χ2v) is 10.1. The number of hydrogen-bond donors (Lipinski definition) is 1. The zero-order valence-corrected chi connectivity index (χ0v) is 18.5. The first kappa shape index (κ1) is 21.5.